The van der Waals surface area contributed by atoms with Gasteiger partial charge in [0, 0.05) is 6.08 Å². The molecule has 0 aliphatic rings. The van der Waals surface area contributed by atoms with Gasteiger partial charge in [0.15, 0.2) is 0 Å². The molecule has 0 spiro atoms. The van der Waals surface area contributed by atoms with Gasteiger partial charge in [-0.15, -0.1) is 0 Å². The minimum absolute atomic E-state index is 0.134. The highest BCUT2D eigenvalue weighted by atomic mass is 16.4. The Labute approximate surface area is 90.3 Å². The molecule has 80 valence electrons. The standard InChI is InChI=1S/C13H16O2/c1-13(2,3)11-7-4-10(5-8-11)6-9-12(14)15/h4-9H,1-3H3,(H,14,15)/b9-6-. The van der Waals surface area contributed by atoms with E-state index in [-0.39, 0.29) is 5.41 Å². The van der Waals surface area contributed by atoms with Gasteiger partial charge in [0.25, 0.3) is 0 Å². The molecule has 0 fully saturated rings. The van der Waals surface area contributed by atoms with Crippen LogP contribution in [0.2, 0.25) is 0 Å². The smallest absolute Gasteiger partial charge is 0.328 e. The van der Waals surface area contributed by atoms with Crippen LogP contribution in [0.25, 0.3) is 6.08 Å². The van der Waals surface area contributed by atoms with Crippen molar-refractivity contribution in [2.45, 2.75) is 26.2 Å². The molecule has 0 amide bonds. The Bertz CT molecular complexity index is 367. The summed E-state index contributed by atoms with van der Waals surface area (Å²) in [6, 6.07) is 7.92. The first kappa shape index (κ1) is 11.5. The fourth-order valence-corrected chi connectivity index (χ4v) is 1.26. The first-order valence-electron chi connectivity index (χ1n) is 4.91. The van der Waals surface area contributed by atoms with E-state index in [2.05, 4.69) is 20.8 Å². The van der Waals surface area contributed by atoms with Crippen LogP contribution in [0.3, 0.4) is 0 Å². The van der Waals surface area contributed by atoms with E-state index in [0.29, 0.717) is 0 Å². The van der Waals surface area contributed by atoms with Crippen molar-refractivity contribution in [3.63, 3.8) is 0 Å². The van der Waals surface area contributed by atoms with Crippen molar-refractivity contribution in [3.05, 3.63) is 41.5 Å². The molecule has 0 aliphatic carbocycles. The first-order chi connectivity index (χ1) is 6.89. The molecule has 2 heteroatoms. The van der Waals surface area contributed by atoms with Crippen molar-refractivity contribution in [3.8, 4) is 0 Å². The molecule has 0 radical (unpaired) electrons. The van der Waals surface area contributed by atoms with Crippen molar-refractivity contribution in [2.24, 2.45) is 0 Å². The van der Waals surface area contributed by atoms with Crippen molar-refractivity contribution in [2.75, 3.05) is 0 Å². The summed E-state index contributed by atoms with van der Waals surface area (Å²) in [6.45, 7) is 6.44. The van der Waals surface area contributed by atoms with Crippen molar-refractivity contribution >= 4 is 12.0 Å². The monoisotopic (exact) mass is 204 g/mol. The third kappa shape index (κ3) is 3.58. The Morgan fingerprint density at radius 1 is 1.20 bits per heavy atom. The van der Waals surface area contributed by atoms with Crippen LogP contribution in [0.1, 0.15) is 31.9 Å². The molecular weight excluding hydrogens is 188 g/mol. The van der Waals surface area contributed by atoms with Gasteiger partial charge in [0.05, 0.1) is 0 Å². The summed E-state index contributed by atoms with van der Waals surface area (Å²) in [5, 5.41) is 8.47. The topological polar surface area (TPSA) is 37.3 Å². The van der Waals surface area contributed by atoms with Gasteiger partial charge in [-0.05, 0) is 22.6 Å². The number of benzene rings is 1. The highest BCUT2D eigenvalue weighted by molar-refractivity contribution is 5.85. The summed E-state index contributed by atoms with van der Waals surface area (Å²) in [5.41, 5.74) is 2.29. The van der Waals surface area contributed by atoms with Gasteiger partial charge in [-0.2, -0.15) is 0 Å². The SMILES string of the molecule is CC(C)(C)c1ccc(/C=C\C(=O)O)cc1. The van der Waals surface area contributed by atoms with Crippen molar-refractivity contribution < 1.29 is 9.90 Å². The average molecular weight is 204 g/mol. The Balaban J connectivity index is 2.86. The minimum atomic E-state index is -0.921. The maximum Gasteiger partial charge on any atom is 0.328 e. The molecule has 0 aromatic heterocycles. The number of hydrogen-bond donors (Lipinski definition) is 1. The van der Waals surface area contributed by atoms with Gasteiger partial charge in [-0.3, -0.25) is 0 Å². The van der Waals surface area contributed by atoms with Crippen LogP contribution in [0.5, 0.6) is 0 Å². The molecule has 1 aromatic carbocycles. The molecule has 1 aromatic rings. The van der Waals surface area contributed by atoms with Crippen LogP contribution in [0.4, 0.5) is 0 Å². The van der Waals surface area contributed by atoms with Crippen molar-refractivity contribution in [1.29, 1.82) is 0 Å². The molecule has 0 aliphatic heterocycles. The molecule has 1 rings (SSSR count). The molecule has 0 saturated carbocycles. The zero-order chi connectivity index (χ0) is 11.5. The van der Waals surface area contributed by atoms with E-state index < -0.39 is 5.97 Å². The fourth-order valence-electron chi connectivity index (χ4n) is 1.26. The largest absolute Gasteiger partial charge is 0.478 e. The quantitative estimate of drug-likeness (QED) is 0.752. The summed E-state index contributed by atoms with van der Waals surface area (Å²) in [7, 11) is 0. The van der Waals surface area contributed by atoms with Crippen LogP contribution in [-0.2, 0) is 10.2 Å². The number of rotatable bonds is 2. The van der Waals surface area contributed by atoms with E-state index in [1.54, 1.807) is 6.08 Å². The highest BCUT2D eigenvalue weighted by Gasteiger charge is 2.12. The van der Waals surface area contributed by atoms with Gasteiger partial charge in [0.1, 0.15) is 0 Å². The number of carbonyl (C=O) groups is 1. The Kier molecular flexibility index (Phi) is 3.30. The summed E-state index contributed by atoms with van der Waals surface area (Å²) < 4.78 is 0. The first-order valence-corrected chi connectivity index (χ1v) is 4.91. The molecule has 15 heavy (non-hydrogen) atoms. The van der Waals surface area contributed by atoms with Gasteiger partial charge < -0.3 is 5.11 Å². The lowest BCUT2D eigenvalue weighted by Crippen LogP contribution is -2.10. The van der Waals surface area contributed by atoms with E-state index in [1.807, 2.05) is 24.3 Å². The summed E-state index contributed by atoms with van der Waals surface area (Å²) >= 11 is 0. The van der Waals surface area contributed by atoms with Crippen LogP contribution in [0.15, 0.2) is 30.3 Å². The maximum atomic E-state index is 10.3. The van der Waals surface area contributed by atoms with Crippen LogP contribution >= 0.6 is 0 Å². The van der Waals surface area contributed by atoms with Gasteiger partial charge in [-0.1, -0.05) is 45.0 Å². The molecular formula is C13H16O2. The predicted molar refractivity (Wildman–Crippen MR) is 61.8 cm³/mol. The second-order valence-electron chi connectivity index (χ2n) is 4.54. The average Bonchev–Trinajstić information content (AvgIpc) is 2.14. The lowest BCUT2D eigenvalue weighted by molar-refractivity contribution is -0.131. The van der Waals surface area contributed by atoms with E-state index in [1.165, 1.54) is 5.56 Å². The Hall–Kier alpha value is -1.57. The van der Waals surface area contributed by atoms with Crippen LogP contribution in [0, 0.1) is 0 Å². The maximum absolute atomic E-state index is 10.3. The summed E-state index contributed by atoms with van der Waals surface area (Å²) in [5.74, 6) is -0.921. The number of aliphatic carboxylic acids is 1. The number of carboxylic acid groups (broad SMARTS) is 1. The van der Waals surface area contributed by atoms with E-state index in [9.17, 15) is 4.79 Å². The van der Waals surface area contributed by atoms with Crippen LogP contribution < -0.4 is 0 Å². The molecule has 0 atom stereocenters. The molecule has 1 N–H and O–H groups in total. The normalized spacial score (nSPS) is 11.9. The lowest BCUT2D eigenvalue weighted by Gasteiger charge is -2.18. The molecule has 0 bridgehead atoms. The minimum Gasteiger partial charge on any atom is -0.478 e. The molecule has 0 unspecified atom stereocenters. The van der Waals surface area contributed by atoms with E-state index in [4.69, 9.17) is 5.11 Å². The van der Waals surface area contributed by atoms with Gasteiger partial charge in [0.2, 0.25) is 0 Å². The van der Waals surface area contributed by atoms with Gasteiger partial charge in [-0.25, -0.2) is 4.79 Å². The fraction of sp³-hybridized carbons (Fsp3) is 0.308. The molecule has 2 nitrogen and oxygen atoms in total. The highest BCUT2D eigenvalue weighted by Crippen LogP contribution is 2.22. The Morgan fingerprint density at radius 3 is 2.13 bits per heavy atom. The Morgan fingerprint density at radius 2 is 1.73 bits per heavy atom. The number of carboxylic acids is 1. The third-order valence-corrected chi connectivity index (χ3v) is 2.20. The molecule has 0 saturated heterocycles. The number of hydrogen-bond acceptors (Lipinski definition) is 1. The summed E-state index contributed by atoms with van der Waals surface area (Å²) in [4.78, 5) is 10.3. The van der Waals surface area contributed by atoms with E-state index >= 15 is 0 Å². The second-order valence-corrected chi connectivity index (χ2v) is 4.54. The van der Waals surface area contributed by atoms with Gasteiger partial charge >= 0.3 is 5.97 Å². The van der Waals surface area contributed by atoms with Crippen molar-refractivity contribution in [1.82, 2.24) is 0 Å². The molecule has 0 heterocycles. The van der Waals surface area contributed by atoms with E-state index in [0.717, 1.165) is 11.6 Å². The predicted octanol–water partition coefficient (Wildman–Crippen LogP) is 3.08. The lowest BCUT2D eigenvalue weighted by atomic mass is 9.87. The van der Waals surface area contributed by atoms with Crippen LogP contribution in [-0.4, -0.2) is 11.1 Å². The second kappa shape index (κ2) is 4.30. The summed E-state index contributed by atoms with van der Waals surface area (Å²) in [6.07, 6.45) is 2.74. The zero-order valence-electron chi connectivity index (χ0n) is 9.32. The third-order valence-electron chi connectivity index (χ3n) is 2.20. The zero-order valence-corrected chi connectivity index (χ0v) is 9.32.